The van der Waals surface area contributed by atoms with E-state index in [-0.39, 0.29) is 32.9 Å². The first kappa shape index (κ1) is 23.0. The first-order valence-corrected chi connectivity index (χ1v) is 11.4. The topological polar surface area (TPSA) is 95.5 Å². The van der Waals surface area contributed by atoms with Crippen LogP contribution in [0.15, 0.2) is 66.2 Å². The molecular formula is C26H19Cl2N3O4. The lowest BCUT2D eigenvalue weighted by Crippen LogP contribution is -2.30. The number of aliphatic hydroxyl groups is 1. The molecule has 2 heterocycles. The van der Waals surface area contributed by atoms with Crippen LogP contribution in [0.2, 0.25) is 10.0 Å². The quantitative estimate of drug-likeness (QED) is 0.206. The zero-order chi connectivity index (χ0) is 24.9. The molecule has 7 nitrogen and oxygen atoms in total. The normalized spacial score (nSPS) is 17.4. The molecule has 1 atom stereocenters. The van der Waals surface area contributed by atoms with Crippen LogP contribution in [-0.2, 0) is 9.59 Å². The first-order valence-electron chi connectivity index (χ1n) is 10.7. The number of aliphatic hydroxyl groups excluding tert-OH is 1. The number of benzene rings is 3. The highest BCUT2D eigenvalue weighted by molar-refractivity contribution is 6.51. The number of carbonyl (C=O) groups excluding carboxylic acids is 2. The number of anilines is 1. The van der Waals surface area contributed by atoms with Crippen molar-refractivity contribution in [1.29, 1.82) is 0 Å². The van der Waals surface area contributed by atoms with E-state index >= 15 is 0 Å². The number of imidazole rings is 1. The van der Waals surface area contributed by atoms with Gasteiger partial charge in [0.1, 0.15) is 5.76 Å². The third-order valence-corrected chi connectivity index (χ3v) is 6.44. The van der Waals surface area contributed by atoms with Crippen molar-refractivity contribution in [3.05, 3.63) is 93.0 Å². The van der Waals surface area contributed by atoms with Crippen molar-refractivity contribution in [2.45, 2.75) is 13.0 Å². The van der Waals surface area contributed by atoms with E-state index in [1.165, 1.54) is 24.1 Å². The highest BCUT2D eigenvalue weighted by atomic mass is 35.5. The van der Waals surface area contributed by atoms with Crippen molar-refractivity contribution in [3.8, 4) is 5.75 Å². The number of aromatic amines is 1. The summed E-state index contributed by atoms with van der Waals surface area (Å²) in [6.45, 7) is 1.90. The smallest absolute Gasteiger partial charge is 0.302 e. The van der Waals surface area contributed by atoms with E-state index in [0.29, 0.717) is 16.6 Å². The molecule has 1 fully saturated rings. The summed E-state index contributed by atoms with van der Waals surface area (Å²) in [5.41, 5.74) is 2.99. The molecular weight excluding hydrogens is 489 g/mol. The maximum absolute atomic E-state index is 13.3. The van der Waals surface area contributed by atoms with Gasteiger partial charge >= 0.3 is 5.91 Å². The van der Waals surface area contributed by atoms with E-state index in [9.17, 15) is 14.7 Å². The van der Waals surface area contributed by atoms with Gasteiger partial charge in [0.05, 0.1) is 39.8 Å². The minimum atomic E-state index is -0.935. The van der Waals surface area contributed by atoms with E-state index in [4.69, 9.17) is 27.9 Å². The fraction of sp³-hybridized carbons (Fsp3) is 0.115. The van der Waals surface area contributed by atoms with E-state index in [2.05, 4.69) is 9.97 Å². The number of nitrogens with one attached hydrogen (secondary N) is 1. The number of hydrogen-bond donors (Lipinski definition) is 2. The highest BCUT2D eigenvalue weighted by Crippen LogP contribution is 2.43. The fourth-order valence-electron chi connectivity index (χ4n) is 4.31. The molecule has 9 heteroatoms. The van der Waals surface area contributed by atoms with Crippen molar-refractivity contribution in [3.63, 3.8) is 0 Å². The Labute approximate surface area is 210 Å². The van der Waals surface area contributed by atoms with Crippen LogP contribution >= 0.6 is 23.2 Å². The Bertz CT molecular complexity index is 1490. The molecule has 1 aliphatic heterocycles. The molecule has 2 N–H and O–H groups in total. The number of aromatic nitrogens is 2. The Balaban J connectivity index is 1.75. The predicted octanol–water partition coefficient (Wildman–Crippen LogP) is 5.81. The SMILES string of the molecule is COc1c(Cl)cc(/C(O)=C2\C(=O)C(=O)N(c3nc4ccccc4[nH]3)C2c2cccc(C)c2)cc1Cl. The second-order valence-corrected chi connectivity index (χ2v) is 8.95. The fourth-order valence-corrected chi connectivity index (χ4v) is 4.95. The van der Waals surface area contributed by atoms with Gasteiger partial charge in [-0.05, 0) is 36.8 Å². The highest BCUT2D eigenvalue weighted by Gasteiger charge is 2.48. The van der Waals surface area contributed by atoms with Crippen LogP contribution in [0.5, 0.6) is 5.75 Å². The molecule has 1 aliphatic rings. The number of carbonyl (C=O) groups is 2. The number of H-pyrrole nitrogens is 1. The molecule has 4 aromatic rings. The van der Waals surface area contributed by atoms with Gasteiger partial charge in [-0.15, -0.1) is 0 Å². The van der Waals surface area contributed by atoms with Crippen LogP contribution in [0, 0.1) is 6.92 Å². The van der Waals surface area contributed by atoms with Gasteiger partial charge in [0, 0.05) is 5.56 Å². The molecule has 1 unspecified atom stereocenters. The number of hydrogen-bond acceptors (Lipinski definition) is 5. The minimum Gasteiger partial charge on any atom is -0.507 e. The molecule has 176 valence electrons. The van der Waals surface area contributed by atoms with Gasteiger partial charge < -0.3 is 14.8 Å². The van der Waals surface area contributed by atoms with E-state index in [0.717, 1.165) is 5.56 Å². The van der Waals surface area contributed by atoms with Gasteiger partial charge in [0.2, 0.25) is 5.95 Å². The molecule has 5 rings (SSSR count). The number of para-hydroxylation sites is 2. The van der Waals surface area contributed by atoms with Crippen molar-refractivity contribution in [1.82, 2.24) is 9.97 Å². The number of rotatable bonds is 4. The number of methoxy groups -OCH3 is 1. The summed E-state index contributed by atoms with van der Waals surface area (Å²) >= 11 is 12.5. The summed E-state index contributed by atoms with van der Waals surface area (Å²) in [5, 5.41) is 11.6. The largest absolute Gasteiger partial charge is 0.507 e. The number of fused-ring (bicyclic) bond motifs is 1. The predicted molar refractivity (Wildman–Crippen MR) is 135 cm³/mol. The Hall–Kier alpha value is -3.81. The third kappa shape index (κ3) is 3.83. The summed E-state index contributed by atoms with van der Waals surface area (Å²) in [6.07, 6.45) is 0. The minimum absolute atomic E-state index is 0.0987. The molecule has 0 saturated carbocycles. The van der Waals surface area contributed by atoms with Crippen LogP contribution in [0.1, 0.15) is 22.7 Å². The molecule has 0 radical (unpaired) electrons. The molecule has 3 aromatic carbocycles. The average molecular weight is 508 g/mol. The Morgan fingerprint density at radius 3 is 2.43 bits per heavy atom. The molecule has 35 heavy (non-hydrogen) atoms. The molecule has 0 bridgehead atoms. The number of Topliss-reactive ketones (excluding diaryl/α,β-unsaturated/α-hetero) is 1. The van der Waals surface area contributed by atoms with Gasteiger partial charge in [-0.1, -0.05) is 65.2 Å². The molecule has 1 aromatic heterocycles. The molecule has 1 saturated heterocycles. The summed E-state index contributed by atoms with van der Waals surface area (Å²) in [4.78, 5) is 35.6. The van der Waals surface area contributed by atoms with Crippen LogP contribution < -0.4 is 9.64 Å². The van der Waals surface area contributed by atoms with Gasteiger partial charge in [-0.25, -0.2) is 4.98 Å². The zero-order valence-electron chi connectivity index (χ0n) is 18.7. The standard InChI is InChI=1S/C26H19Cl2N3O4/c1-13-6-5-7-14(10-13)21-20(22(32)15-11-16(27)24(35-2)17(28)12-15)23(33)25(34)31(21)26-29-18-8-3-4-9-19(18)30-26/h3-12,21,32H,1-2H3,(H,29,30)/b22-20+. The number of amides is 1. The van der Waals surface area contributed by atoms with Crippen molar-refractivity contribution in [2.75, 3.05) is 12.0 Å². The zero-order valence-corrected chi connectivity index (χ0v) is 20.2. The Kier molecular flexibility index (Phi) is 5.75. The Morgan fingerprint density at radius 1 is 1.06 bits per heavy atom. The van der Waals surface area contributed by atoms with Crippen molar-refractivity contribution < 1.29 is 19.4 Å². The average Bonchev–Trinajstić information content (AvgIpc) is 3.37. The monoisotopic (exact) mass is 507 g/mol. The number of aryl methyl sites for hydroxylation is 1. The molecule has 0 aliphatic carbocycles. The summed E-state index contributed by atoms with van der Waals surface area (Å²) < 4.78 is 5.18. The molecule has 1 amide bonds. The number of ketones is 1. The lowest BCUT2D eigenvalue weighted by atomic mass is 9.94. The summed E-state index contributed by atoms with van der Waals surface area (Å²) in [6, 6.07) is 16.6. The number of ether oxygens (including phenoxy) is 1. The van der Waals surface area contributed by atoms with Crippen molar-refractivity contribution in [2.24, 2.45) is 0 Å². The van der Waals surface area contributed by atoms with Crippen LogP contribution in [0.25, 0.3) is 16.8 Å². The van der Waals surface area contributed by atoms with Crippen molar-refractivity contribution >= 4 is 57.6 Å². The Morgan fingerprint density at radius 2 is 1.77 bits per heavy atom. The number of halogens is 2. The van der Waals surface area contributed by atoms with E-state index < -0.39 is 23.5 Å². The lowest BCUT2D eigenvalue weighted by molar-refractivity contribution is -0.132. The number of nitrogens with zero attached hydrogens (tertiary/aromatic N) is 2. The van der Waals surface area contributed by atoms with Gasteiger partial charge in [-0.3, -0.25) is 14.5 Å². The maximum Gasteiger partial charge on any atom is 0.302 e. The van der Waals surface area contributed by atoms with Crippen LogP contribution in [0.3, 0.4) is 0 Å². The van der Waals surface area contributed by atoms with Gasteiger partial charge in [0.15, 0.2) is 5.75 Å². The van der Waals surface area contributed by atoms with Gasteiger partial charge in [-0.2, -0.15) is 0 Å². The molecule has 0 spiro atoms. The lowest BCUT2D eigenvalue weighted by Gasteiger charge is -2.23. The second kappa shape index (κ2) is 8.76. The second-order valence-electron chi connectivity index (χ2n) is 8.13. The van der Waals surface area contributed by atoms with Gasteiger partial charge in [0.25, 0.3) is 5.78 Å². The third-order valence-electron chi connectivity index (χ3n) is 5.88. The summed E-state index contributed by atoms with van der Waals surface area (Å²) in [5.74, 6) is -1.63. The van der Waals surface area contributed by atoms with Crippen LogP contribution in [0.4, 0.5) is 5.95 Å². The first-order chi connectivity index (χ1) is 16.8. The van der Waals surface area contributed by atoms with Crippen LogP contribution in [-0.4, -0.2) is 33.9 Å². The summed E-state index contributed by atoms with van der Waals surface area (Å²) in [7, 11) is 1.42. The van der Waals surface area contributed by atoms with E-state index in [1.807, 2.05) is 43.3 Å². The maximum atomic E-state index is 13.3. The van der Waals surface area contributed by atoms with E-state index in [1.54, 1.807) is 12.1 Å².